The SMILES string of the molecule is [2H]C([2H])([2H])Oc1cc(OC([2H])([2H])[2H])c(P(I)(CCOCCOCCOCCNC(=O)Nc2c[n+](-c3ccc(C([O-])=NCCOCCOCCC(=O)OC(C)(C)C)cc3)no2)(c2c(OC([2H])([2H])[2H])cc(OC([2H])([2H])[2H])cc2OC([2H])([2H])[2H])c2c(OC([2H])([2H])[2H])cc(OC([2H])([2H])[2H])cc2OC([2H])([2H])[2H])c(OC([2H])([2H])[2H])c1. The molecule has 0 unspecified atom stereocenters. The van der Waals surface area contributed by atoms with Crippen LogP contribution in [0.5, 0.6) is 51.7 Å². The molecule has 452 valence electrons. The van der Waals surface area contributed by atoms with Crippen LogP contribution in [0.1, 0.15) is 69.8 Å². The number of carbonyl (C=O) groups excluding carboxylic acids is 2. The van der Waals surface area contributed by atoms with E-state index in [4.69, 9.17) is 113 Å². The fraction of sp³-hybridized carbons (Fsp3) is 0.482. The molecule has 5 aromatic rings. The number of urea groups is 1. The van der Waals surface area contributed by atoms with Gasteiger partial charge >= 0.3 is 363 Å². The molecule has 0 aliphatic carbocycles. The first-order chi connectivity index (χ1) is 49.8. The van der Waals surface area contributed by atoms with Crippen LogP contribution in [0.15, 0.2) is 76.4 Å². The third kappa shape index (κ3) is 17.5. The monoisotopic (exact) mass is 1310 g/mol. The van der Waals surface area contributed by atoms with Gasteiger partial charge in [0, 0.05) is 12.1 Å². The van der Waals surface area contributed by atoms with Crippen LogP contribution in [0, 0.1) is 0 Å². The Balaban J connectivity index is 1.49. The van der Waals surface area contributed by atoms with E-state index in [-0.39, 0.29) is 83.2 Å². The maximum atomic E-state index is 12.8. The summed E-state index contributed by atoms with van der Waals surface area (Å²) >= 11 is 1.31. The van der Waals surface area contributed by atoms with Crippen LogP contribution < -0.4 is 79.0 Å². The topological polar surface area (TPSA) is 262 Å². The van der Waals surface area contributed by atoms with E-state index >= 15 is 0 Å². The molecule has 5 rings (SSSR count). The number of nitrogens with zero attached hydrogens (tertiary/aromatic N) is 3. The van der Waals surface area contributed by atoms with E-state index in [2.05, 4.69) is 20.9 Å². The molecule has 0 aliphatic rings. The van der Waals surface area contributed by atoms with Gasteiger partial charge in [0.2, 0.25) is 11.0 Å². The molecular weight excluding hydrogens is 1200 g/mol. The Labute approximate surface area is 529 Å². The van der Waals surface area contributed by atoms with E-state index in [0.717, 1.165) is 0 Å². The van der Waals surface area contributed by atoms with Crippen molar-refractivity contribution in [3.05, 3.63) is 72.4 Å². The number of amides is 2. The van der Waals surface area contributed by atoms with Gasteiger partial charge in [0.25, 0.3) is 6.20 Å². The van der Waals surface area contributed by atoms with Crippen LogP contribution in [-0.4, -0.2) is 177 Å². The number of anilines is 1. The molecule has 0 spiro atoms. The first kappa shape index (κ1) is 36.9. The van der Waals surface area contributed by atoms with Gasteiger partial charge in [-0.2, -0.15) is 0 Å². The van der Waals surface area contributed by atoms with E-state index in [9.17, 15) is 14.7 Å². The fourth-order valence-electron chi connectivity index (χ4n) is 7.89. The number of ether oxygens (including phenoxy) is 15. The Morgan fingerprint density at radius 1 is 0.622 bits per heavy atom. The third-order valence-electron chi connectivity index (χ3n) is 11.2. The predicted octanol–water partition coefficient (Wildman–Crippen LogP) is 4.95. The summed E-state index contributed by atoms with van der Waals surface area (Å²) < 4.78 is 305. The minimum absolute atomic E-state index is 0.0722. The minimum atomic E-state index is -6.90. The van der Waals surface area contributed by atoms with Crippen LogP contribution in [0.25, 0.3) is 5.69 Å². The van der Waals surface area contributed by atoms with Crippen molar-refractivity contribution in [3.8, 4) is 57.4 Å². The molecule has 26 heteroatoms. The van der Waals surface area contributed by atoms with Crippen molar-refractivity contribution < 1.29 is 132 Å². The van der Waals surface area contributed by atoms with Crippen LogP contribution in [0.3, 0.4) is 0 Å². The van der Waals surface area contributed by atoms with E-state index in [0.29, 0.717) is 42.1 Å². The van der Waals surface area contributed by atoms with Gasteiger partial charge in [-0.15, -0.1) is 0 Å². The first-order valence-electron chi connectivity index (χ1n) is 37.6. The number of nitrogens with one attached hydrogen (secondary N) is 2. The van der Waals surface area contributed by atoms with E-state index < -0.39 is 179 Å². The molecule has 0 fully saturated rings. The summed E-state index contributed by atoms with van der Waals surface area (Å²) in [5.74, 6) is -12.1. The Morgan fingerprint density at radius 2 is 1.05 bits per heavy atom. The van der Waals surface area contributed by atoms with Gasteiger partial charge < -0.3 is 19.3 Å². The van der Waals surface area contributed by atoms with E-state index in [1.165, 1.54) is 45.1 Å². The van der Waals surface area contributed by atoms with Crippen LogP contribution in [0.4, 0.5) is 10.7 Å². The summed E-state index contributed by atoms with van der Waals surface area (Å²) in [6.07, 6.45) is 0.205. The zero-order valence-electron chi connectivity index (χ0n) is 71.2. The Kier molecular flexibility index (Phi) is 14.5. The number of aliphatic imine (C=N–C) groups is 1. The second kappa shape index (κ2) is 32.3. The predicted molar refractivity (Wildman–Crippen MR) is 314 cm³/mol. The Morgan fingerprint density at radius 3 is 1.50 bits per heavy atom. The quantitative estimate of drug-likeness (QED) is 0.0102. The van der Waals surface area contributed by atoms with Gasteiger partial charge in [-0.25, -0.2) is 4.79 Å². The Hall–Kier alpha value is -6.61. The average Bonchev–Trinajstić information content (AvgIpc) is 0.860. The molecule has 24 nitrogen and oxygen atoms in total. The summed E-state index contributed by atoms with van der Waals surface area (Å²) in [5, 5.41) is 18.0. The van der Waals surface area contributed by atoms with Crippen LogP contribution in [0.2, 0.25) is 0 Å². The van der Waals surface area contributed by atoms with Crippen LogP contribution >= 0.6 is 26.3 Å². The van der Waals surface area contributed by atoms with Gasteiger partial charge in [-0.3, -0.25) is 19.6 Å². The average molecular weight is 1310 g/mol. The molecule has 1 heterocycles. The second-order valence-electron chi connectivity index (χ2n) is 17.7. The van der Waals surface area contributed by atoms with Gasteiger partial charge in [-0.05, 0) is 49.0 Å². The van der Waals surface area contributed by atoms with Gasteiger partial charge in [0.05, 0.1) is 39.4 Å². The van der Waals surface area contributed by atoms with Crippen molar-refractivity contribution in [1.82, 2.24) is 10.6 Å². The normalized spacial score (nSPS) is 18.4. The molecule has 0 atom stereocenters. The molecule has 0 saturated heterocycles. The standard InChI is InChI=1S/C56H77IN5O19P/c1-56(2,3)80-50(63)17-20-75-23-24-76-21-18-58-54(64)38-13-15-39(16-14-38)62-37-49(81-61-62)60-55(65)59-19-22-77-25-26-78-27-28-79-29-30-82(57,51-43(69-7)31-40(66-4)32-44(51)70-8,52-45(71-9)33-41(67-5)34-46(52)72-10)53-47(73-11)35-42(68-6)36-48(53)74-12/h13-16,31-37H,17-30H2,1-12H3,(H2-,58,59,60,61,64,65)/i4D3,5D3,6D3,7D3,8D3,9D3,10D3,11D3,12D3. The zero-order valence-corrected chi connectivity index (χ0v) is 47.2. The molecular formula is C56H77IN5O19P. The number of carbonyl (C=O) groups is 2. The van der Waals surface area contributed by atoms with Gasteiger partial charge in [0.15, 0.2) is 0 Å². The number of hydrogen-bond acceptors (Lipinski definition) is 21. The van der Waals surface area contributed by atoms with Crippen LogP contribution in [-0.2, 0) is 33.2 Å². The molecule has 2 N–H and O–H groups in total. The molecule has 0 radical (unpaired) electrons. The third-order valence-corrected chi connectivity index (χ3v) is 22.1. The maximum absolute atomic E-state index is 12.8. The zero-order chi connectivity index (χ0) is 82.2. The molecule has 0 aliphatic heterocycles. The van der Waals surface area contributed by atoms with Crippen molar-refractivity contribution in [3.63, 3.8) is 0 Å². The summed E-state index contributed by atoms with van der Waals surface area (Å²) in [7, 11) is -33.6. The Bertz CT molecular complexity index is 3510. The molecule has 0 saturated carbocycles. The van der Waals surface area contributed by atoms with E-state index in [1.54, 1.807) is 32.9 Å². The molecule has 1 aromatic heterocycles. The number of methoxy groups -OCH3 is 9. The summed E-state index contributed by atoms with van der Waals surface area (Å²) in [4.78, 5) is 28.6. The second-order valence-corrected chi connectivity index (χ2v) is 28.2. The van der Waals surface area contributed by atoms with Crippen molar-refractivity contribution in [2.24, 2.45) is 4.99 Å². The molecule has 4 aromatic carbocycles. The van der Waals surface area contributed by atoms with Crippen molar-refractivity contribution >= 4 is 66.0 Å². The number of halogens is 1. The molecule has 82 heavy (non-hydrogen) atoms. The number of benzene rings is 4. The molecule has 2 amide bonds. The summed E-state index contributed by atoms with van der Waals surface area (Å²) in [5.41, 5.74) is 0.110. The number of esters is 1. The first-order valence-corrected chi connectivity index (χ1v) is 29.3. The molecule has 0 bridgehead atoms. The van der Waals surface area contributed by atoms with Crippen molar-refractivity contribution in [1.29, 1.82) is 0 Å². The van der Waals surface area contributed by atoms with Crippen molar-refractivity contribution in [2.75, 3.05) is 154 Å². The number of rotatable bonds is 36. The summed E-state index contributed by atoms with van der Waals surface area (Å²) in [6, 6.07) is 8.23. The number of hydrogen-bond donors (Lipinski definition) is 2. The van der Waals surface area contributed by atoms with Crippen molar-refractivity contribution in [2.45, 2.75) is 32.8 Å². The van der Waals surface area contributed by atoms with E-state index in [1.807, 2.05) is 0 Å². The summed E-state index contributed by atoms with van der Waals surface area (Å²) in [6.45, 7) is 3.58. The van der Waals surface area contributed by atoms with Gasteiger partial charge in [0.1, 0.15) is 5.60 Å². The number of aromatic nitrogens is 2. The van der Waals surface area contributed by atoms with Gasteiger partial charge in [-0.1, -0.05) is 0 Å². The fourth-order valence-corrected chi connectivity index (χ4v) is 18.0.